The first kappa shape index (κ1) is 12.4. The zero-order valence-corrected chi connectivity index (χ0v) is 9.80. The van der Waals surface area contributed by atoms with Gasteiger partial charge in [0, 0.05) is 0 Å². The second-order valence-electron chi connectivity index (χ2n) is 3.80. The van der Waals surface area contributed by atoms with Crippen LogP contribution in [0.4, 0.5) is 0 Å². The summed E-state index contributed by atoms with van der Waals surface area (Å²) in [5, 5.41) is 0. The van der Waals surface area contributed by atoms with Crippen molar-refractivity contribution in [1.82, 2.24) is 14.2 Å². The van der Waals surface area contributed by atoms with Gasteiger partial charge in [-0.1, -0.05) is 30.7 Å². The summed E-state index contributed by atoms with van der Waals surface area (Å²) in [4.78, 5) is 0. The Labute approximate surface area is 94.6 Å². The van der Waals surface area contributed by atoms with Gasteiger partial charge in [0.25, 0.3) is 7.55 Å². The molecule has 1 aliphatic heterocycles. The van der Waals surface area contributed by atoms with Crippen LogP contribution in [-0.4, -0.2) is 56.8 Å². The van der Waals surface area contributed by atoms with E-state index >= 15 is 0 Å². The summed E-state index contributed by atoms with van der Waals surface area (Å²) in [5.74, 6) is 4.06. The normalized spacial score (nSPS) is 20.7. The highest BCUT2D eigenvalue weighted by Gasteiger charge is 2.38. The standard InChI is InChI=1S/C9H17B3N3/c1-6-8-9-12-14(4)10-13(3)11(7-2)15(12)5/h6-9H,1-2H2,3-5H3. The van der Waals surface area contributed by atoms with E-state index in [-0.39, 0.29) is 14.0 Å². The molecule has 6 heteroatoms. The quantitative estimate of drug-likeness (QED) is 0.479. The molecule has 15 heavy (non-hydrogen) atoms. The molecule has 0 atom stereocenters. The molecule has 1 aliphatic rings. The topological polar surface area (TPSA) is 9.72 Å². The van der Waals surface area contributed by atoms with Gasteiger partial charge in [-0.2, -0.15) is 0 Å². The summed E-state index contributed by atoms with van der Waals surface area (Å²) < 4.78 is 6.53. The molecule has 0 unspecified atom stereocenters. The molecular weight excluding hydrogens is 183 g/mol. The number of hydrogen-bond donors (Lipinski definition) is 0. The van der Waals surface area contributed by atoms with Gasteiger partial charge in [0.05, 0.1) is 0 Å². The molecule has 1 rings (SSSR count). The maximum absolute atomic E-state index is 3.86. The van der Waals surface area contributed by atoms with Crippen molar-refractivity contribution in [2.24, 2.45) is 0 Å². The Morgan fingerprint density at radius 3 is 2.20 bits per heavy atom. The summed E-state index contributed by atoms with van der Waals surface area (Å²) in [6.45, 7) is 8.03. The summed E-state index contributed by atoms with van der Waals surface area (Å²) >= 11 is 0. The molecule has 1 heterocycles. The monoisotopic (exact) mass is 200 g/mol. The van der Waals surface area contributed by atoms with E-state index in [9.17, 15) is 0 Å². The molecule has 0 aromatic heterocycles. The second-order valence-corrected chi connectivity index (χ2v) is 3.80. The molecule has 0 aliphatic carbocycles. The van der Waals surface area contributed by atoms with Crippen molar-refractivity contribution in [2.75, 3.05) is 21.1 Å². The number of nitrogens with zero attached hydrogens (tertiary/aromatic N) is 3. The Hall–Kier alpha value is -0.705. The average Bonchev–Trinajstić information content (AvgIpc) is 2.17. The predicted molar refractivity (Wildman–Crippen MR) is 70.1 cm³/mol. The van der Waals surface area contributed by atoms with Gasteiger partial charge in [0.1, 0.15) is 0 Å². The minimum atomic E-state index is 0.237. The highest BCUT2D eigenvalue weighted by atomic mass is 15.3. The molecule has 0 N–H and O–H groups in total. The molecule has 1 fully saturated rings. The molecule has 0 bridgehead atoms. The van der Waals surface area contributed by atoms with E-state index in [0.29, 0.717) is 0 Å². The molecule has 0 spiro atoms. The summed E-state index contributed by atoms with van der Waals surface area (Å²) in [5.41, 5.74) is 0. The van der Waals surface area contributed by atoms with E-state index in [1.54, 1.807) is 6.08 Å². The minimum absolute atomic E-state index is 0.237. The van der Waals surface area contributed by atoms with Gasteiger partial charge >= 0.3 is 14.0 Å². The van der Waals surface area contributed by atoms with Crippen LogP contribution in [0.15, 0.2) is 37.3 Å². The molecule has 0 aromatic rings. The maximum atomic E-state index is 3.86. The Kier molecular flexibility index (Phi) is 4.45. The molecule has 0 saturated carbocycles. The summed E-state index contributed by atoms with van der Waals surface area (Å²) in [6.07, 6.45) is 3.76. The largest absolute Gasteiger partial charge is 0.360 e. The van der Waals surface area contributed by atoms with Crippen molar-refractivity contribution in [1.29, 1.82) is 0 Å². The van der Waals surface area contributed by atoms with E-state index in [2.05, 4.69) is 54.9 Å². The third-order valence-electron chi connectivity index (χ3n) is 2.66. The summed E-state index contributed by atoms with van der Waals surface area (Å²) in [7, 11) is 8.28. The van der Waals surface area contributed by atoms with Crippen LogP contribution >= 0.6 is 0 Å². The van der Waals surface area contributed by atoms with Crippen LogP contribution in [0.1, 0.15) is 0 Å². The average molecular weight is 200 g/mol. The lowest BCUT2D eigenvalue weighted by Gasteiger charge is -2.43. The third-order valence-corrected chi connectivity index (χ3v) is 2.66. The van der Waals surface area contributed by atoms with Gasteiger partial charge < -0.3 is 14.2 Å². The van der Waals surface area contributed by atoms with Crippen molar-refractivity contribution in [3.05, 3.63) is 37.3 Å². The third kappa shape index (κ3) is 2.65. The van der Waals surface area contributed by atoms with E-state index in [1.807, 2.05) is 19.1 Å². The van der Waals surface area contributed by atoms with Crippen LogP contribution in [-0.2, 0) is 0 Å². The zero-order valence-electron chi connectivity index (χ0n) is 9.80. The Morgan fingerprint density at radius 2 is 1.67 bits per heavy atom. The molecule has 3 nitrogen and oxygen atoms in total. The van der Waals surface area contributed by atoms with Gasteiger partial charge in [0.15, 0.2) is 0 Å². The van der Waals surface area contributed by atoms with Crippen molar-refractivity contribution < 1.29 is 0 Å². The number of rotatable bonds is 3. The molecule has 1 saturated heterocycles. The zero-order chi connectivity index (χ0) is 11.4. The van der Waals surface area contributed by atoms with Crippen LogP contribution in [0, 0.1) is 0 Å². The fraction of sp³-hybridized carbons (Fsp3) is 0.333. The van der Waals surface area contributed by atoms with Gasteiger partial charge in [-0.15, -0.1) is 6.58 Å². The Balaban J connectivity index is 2.81. The van der Waals surface area contributed by atoms with Gasteiger partial charge in [-0.3, -0.25) is 0 Å². The second kappa shape index (κ2) is 5.40. The lowest BCUT2D eigenvalue weighted by atomic mass is 9.50. The Bertz CT molecular complexity index is 269. The fourth-order valence-electron chi connectivity index (χ4n) is 1.94. The first-order chi connectivity index (χ1) is 7.11. The van der Waals surface area contributed by atoms with Gasteiger partial charge in [0.2, 0.25) is 0 Å². The van der Waals surface area contributed by atoms with E-state index in [1.165, 1.54) is 0 Å². The lowest BCUT2D eigenvalue weighted by molar-refractivity contribution is 0.571. The summed E-state index contributed by atoms with van der Waals surface area (Å²) in [6, 6.07) is 0. The van der Waals surface area contributed by atoms with Crippen molar-refractivity contribution >= 4 is 21.5 Å². The maximum Gasteiger partial charge on any atom is 0.317 e. The smallest absolute Gasteiger partial charge is 0.317 e. The lowest BCUT2D eigenvalue weighted by Crippen LogP contribution is -2.69. The highest BCUT2D eigenvalue weighted by molar-refractivity contribution is 6.84. The van der Waals surface area contributed by atoms with Crippen molar-refractivity contribution in [2.45, 2.75) is 0 Å². The predicted octanol–water partition coefficient (Wildman–Crippen LogP) is 0.313. The van der Waals surface area contributed by atoms with Crippen LogP contribution in [0.5, 0.6) is 0 Å². The van der Waals surface area contributed by atoms with Crippen LogP contribution in [0.25, 0.3) is 0 Å². The molecular formula is C9H17B3N3. The van der Waals surface area contributed by atoms with E-state index < -0.39 is 0 Å². The Morgan fingerprint density at radius 1 is 1.07 bits per heavy atom. The van der Waals surface area contributed by atoms with Gasteiger partial charge in [-0.25, -0.2) is 0 Å². The number of hydrogen-bond acceptors (Lipinski definition) is 3. The molecule has 0 amide bonds. The van der Waals surface area contributed by atoms with E-state index in [4.69, 9.17) is 0 Å². The minimum Gasteiger partial charge on any atom is -0.360 e. The van der Waals surface area contributed by atoms with Crippen LogP contribution < -0.4 is 0 Å². The molecule has 77 valence electrons. The molecule has 0 aromatic carbocycles. The van der Waals surface area contributed by atoms with Crippen molar-refractivity contribution in [3.8, 4) is 0 Å². The van der Waals surface area contributed by atoms with Crippen LogP contribution in [0.2, 0.25) is 0 Å². The molecule has 1 radical (unpaired) electrons. The van der Waals surface area contributed by atoms with Crippen molar-refractivity contribution in [3.63, 3.8) is 0 Å². The SMILES string of the molecule is C=CC=CB1N(C)[B]N(C)B(C=C)N1C. The highest BCUT2D eigenvalue weighted by Crippen LogP contribution is 2.11. The fourth-order valence-corrected chi connectivity index (χ4v) is 1.94. The first-order valence-electron chi connectivity index (χ1n) is 5.04. The van der Waals surface area contributed by atoms with Gasteiger partial charge in [-0.05, 0) is 21.1 Å². The number of allylic oxidation sites excluding steroid dienone is 2. The van der Waals surface area contributed by atoms with Crippen LogP contribution in [0.3, 0.4) is 0 Å². The van der Waals surface area contributed by atoms with E-state index in [0.717, 1.165) is 0 Å². The first-order valence-corrected chi connectivity index (χ1v) is 5.04.